The summed E-state index contributed by atoms with van der Waals surface area (Å²) in [4.78, 5) is 0. The van der Waals surface area contributed by atoms with E-state index in [9.17, 15) is 4.39 Å². The molecule has 4 heteroatoms. The van der Waals surface area contributed by atoms with Gasteiger partial charge in [0, 0.05) is 16.1 Å². The van der Waals surface area contributed by atoms with Gasteiger partial charge in [-0.2, -0.15) is 0 Å². The molecule has 0 aliphatic carbocycles. The number of ether oxygens (including phenoxy) is 1. The summed E-state index contributed by atoms with van der Waals surface area (Å²) in [5.74, 6) is 0.0379. The van der Waals surface area contributed by atoms with Gasteiger partial charge in [-0.3, -0.25) is 0 Å². The van der Waals surface area contributed by atoms with Crippen molar-refractivity contribution in [2.45, 2.75) is 12.5 Å². The second-order valence-corrected chi connectivity index (χ2v) is 4.22. The summed E-state index contributed by atoms with van der Waals surface area (Å²) in [5, 5.41) is 3.22. The summed E-state index contributed by atoms with van der Waals surface area (Å²) in [5.41, 5.74) is 0.894. The predicted molar refractivity (Wildman–Crippen MR) is 56.0 cm³/mol. The molecule has 0 spiro atoms. The molecule has 1 heterocycles. The maximum atomic E-state index is 13.4. The lowest BCUT2D eigenvalue weighted by molar-refractivity contribution is 0.340. The summed E-state index contributed by atoms with van der Waals surface area (Å²) >= 11 is 3.27. The zero-order valence-corrected chi connectivity index (χ0v) is 9.40. The van der Waals surface area contributed by atoms with Crippen molar-refractivity contribution < 1.29 is 9.13 Å². The molecular formula is C10H11BrFNO. The van der Waals surface area contributed by atoms with Crippen molar-refractivity contribution in [1.29, 1.82) is 0 Å². The molecule has 1 fully saturated rings. The molecule has 1 aliphatic rings. The molecule has 1 atom stereocenters. The Morgan fingerprint density at radius 2 is 2.29 bits per heavy atom. The lowest BCUT2D eigenvalue weighted by Crippen LogP contribution is -2.35. The Morgan fingerprint density at radius 3 is 2.79 bits per heavy atom. The molecule has 0 bridgehead atoms. The molecule has 2 rings (SSSR count). The highest BCUT2D eigenvalue weighted by Crippen LogP contribution is 2.35. The third-order valence-electron chi connectivity index (χ3n) is 2.44. The fourth-order valence-electron chi connectivity index (χ4n) is 1.61. The van der Waals surface area contributed by atoms with Crippen LogP contribution >= 0.6 is 15.9 Å². The summed E-state index contributed by atoms with van der Waals surface area (Å²) in [6.45, 7) is 0.988. The number of halogens is 2. The van der Waals surface area contributed by atoms with Crippen LogP contribution in [0.1, 0.15) is 18.0 Å². The molecule has 1 unspecified atom stereocenters. The molecule has 76 valence electrons. The van der Waals surface area contributed by atoms with Crippen molar-refractivity contribution in [2.24, 2.45) is 0 Å². The van der Waals surface area contributed by atoms with Gasteiger partial charge in [-0.05, 0) is 25.1 Å². The minimum Gasteiger partial charge on any atom is -0.493 e. The molecule has 0 amide bonds. The minimum atomic E-state index is -0.314. The average Bonchev–Trinajstić information content (AvgIpc) is 1.99. The Morgan fingerprint density at radius 1 is 1.57 bits per heavy atom. The van der Waals surface area contributed by atoms with Crippen LogP contribution in [0.2, 0.25) is 0 Å². The first-order valence-corrected chi connectivity index (χ1v) is 5.28. The van der Waals surface area contributed by atoms with E-state index in [-0.39, 0.29) is 11.9 Å². The Balaban J connectivity index is 2.44. The number of nitrogens with one attached hydrogen (secondary N) is 1. The normalized spacial score (nSPS) is 20.4. The summed E-state index contributed by atoms with van der Waals surface area (Å²) < 4.78 is 19.3. The molecule has 0 radical (unpaired) electrons. The molecule has 2 nitrogen and oxygen atoms in total. The van der Waals surface area contributed by atoms with E-state index < -0.39 is 0 Å². The second-order valence-electron chi connectivity index (χ2n) is 3.31. The third kappa shape index (κ3) is 1.64. The van der Waals surface area contributed by atoms with E-state index in [4.69, 9.17) is 4.74 Å². The lowest BCUT2D eigenvalue weighted by atomic mass is 9.97. The number of benzene rings is 1. The zero-order valence-electron chi connectivity index (χ0n) is 7.81. The van der Waals surface area contributed by atoms with Crippen molar-refractivity contribution >= 4 is 15.9 Å². The minimum absolute atomic E-state index is 0.233. The SMILES string of the molecule is COc1c(F)cc(Br)cc1C1CCN1. The highest BCUT2D eigenvalue weighted by molar-refractivity contribution is 9.10. The molecular weight excluding hydrogens is 249 g/mol. The van der Waals surface area contributed by atoms with E-state index in [1.165, 1.54) is 13.2 Å². The number of hydrogen-bond acceptors (Lipinski definition) is 2. The molecule has 1 N–H and O–H groups in total. The number of methoxy groups -OCH3 is 1. The van der Waals surface area contributed by atoms with Gasteiger partial charge >= 0.3 is 0 Å². The van der Waals surface area contributed by atoms with Gasteiger partial charge in [0.1, 0.15) is 0 Å². The summed E-state index contributed by atoms with van der Waals surface area (Å²) in [6, 6.07) is 3.55. The highest BCUT2D eigenvalue weighted by Gasteiger charge is 2.24. The van der Waals surface area contributed by atoms with Crippen LogP contribution in [-0.4, -0.2) is 13.7 Å². The maximum absolute atomic E-state index is 13.4. The summed E-state index contributed by atoms with van der Waals surface area (Å²) in [7, 11) is 1.49. The Bertz CT molecular complexity index is 352. The van der Waals surface area contributed by atoms with Crippen molar-refractivity contribution in [3.05, 3.63) is 28.0 Å². The first kappa shape index (κ1) is 9.93. The van der Waals surface area contributed by atoms with Crippen LogP contribution in [0.4, 0.5) is 4.39 Å². The van der Waals surface area contributed by atoms with Crippen LogP contribution in [0.3, 0.4) is 0 Å². The van der Waals surface area contributed by atoms with Crippen LogP contribution in [0.5, 0.6) is 5.75 Å². The van der Waals surface area contributed by atoms with Crippen LogP contribution in [0, 0.1) is 5.82 Å². The third-order valence-corrected chi connectivity index (χ3v) is 2.90. The Kier molecular flexibility index (Phi) is 2.74. The van der Waals surface area contributed by atoms with Gasteiger partial charge in [0.25, 0.3) is 0 Å². The highest BCUT2D eigenvalue weighted by atomic mass is 79.9. The zero-order chi connectivity index (χ0) is 10.1. The number of hydrogen-bond donors (Lipinski definition) is 1. The van der Waals surface area contributed by atoms with E-state index >= 15 is 0 Å². The molecule has 0 saturated carbocycles. The Labute approximate surface area is 90.6 Å². The van der Waals surface area contributed by atoms with E-state index in [1.807, 2.05) is 6.07 Å². The van der Waals surface area contributed by atoms with Gasteiger partial charge in [0.15, 0.2) is 11.6 Å². The van der Waals surface area contributed by atoms with Crippen LogP contribution < -0.4 is 10.1 Å². The van der Waals surface area contributed by atoms with Crippen molar-refractivity contribution in [3.63, 3.8) is 0 Å². The molecule has 1 aromatic carbocycles. The number of rotatable bonds is 2. The van der Waals surface area contributed by atoms with Crippen molar-refractivity contribution in [3.8, 4) is 5.75 Å². The van der Waals surface area contributed by atoms with E-state index in [2.05, 4.69) is 21.2 Å². The lowest BCUT2D eigenvalue weighted by Gasteiger charge is -2.29. The van der Waals surface area contributed by atoms with Crippen molar-refractivity contribution in [2.75, 3.05) is 13.7 Å². The quantitative estimate of drug-likeness (QED) is 0.882. The Hall–Kier alpha value is -0.610. The molecule has 0 aromatic heterocycles. The van der Waals surface area contributed by atoms with Gasteiger partial charge in [0.05, 0.1) is 7.11 Å². The average molecular weight is 260 g/mol. The molecule has 1 aliphatic heterocycles. The van der Waals surface area contributed by atoms with E-state index in [0.717, 1.165) is 23.0 Å². The smallest absolute Gasteiger partial charge is 0.166 e. The molecule has 1 aromatic rings. The first-order chi connectivity index (χ1) is 6.72. The van der Waals surface area contributed by atoms with Gasteiger partial charge in [-0.15, -0.1) is 0 Å². The van der Waals surface area contributed by atoms with Gasteiger partial charge < -0.3 is 10.1 Å². The van der Waals surface area contributed by atoms with Crippen LogP contribution in [-0.2, 0) is 0 Å². The van der Waals surface area contributed by atoms with E-state index in [1.54, 1.807) is 0 Å². The van der Waals surface area contributed by atoms with Crippen LogP contribution in [0.25, 0.3) is 0 Å². The monoisotopic (exact) mass is 259 g/mol. The fraction of sp³-hybridized carbons (Fsp3) is 0.400. The van der Waals surface area contributed by atoms with Gasteiger partial charge in [-0.1, -0.05) is 15.9 Å². The maximum Gasteiger partial charge on any atom is 0.166 e. The van der Waals surface area contributed by atoms with Crippen LogP contribution in [0.15, 0.2) is 16.6 Å². The van der Waals surface area contributed by atoms with Crippen molar-refractivity contribution in [1.82, 2.24) is 5.32 Å². The topological polar surface area (TPSA) is 21.3 Å². The second kappa shape index (κ2) is 3.87. The summed E-state index contributed by atoms with van der Waals surface area (Å²) in [6.07, 6.45) is 1.03. The van der Waals surface area contributed by atoms with Gasteiger partial charge in [0.2, 0.25) is 0 Å². The molecule has 1 saturated heterocycles. The van der Waals surface area contributed by atoms with E-state index in [0.29, 0.717) is 5.75 Å². The molecule has 14 heavy (non-hydrogen) atoms. The van der Waals surface area contributed by atoms with Gasteiger partial charge in [-0.25, -0.2) is 4.39 Å². The predicted octanol–water partition coefficient (Wildman–Crippen LogP) is 2.63. The largest absolute Gasteiger partial charge is 0.493 e. The first-order valence-electron chi connectivity index (χ1n) is 4.48. The standard InChI is InChI=1S/C10H11BrFNO/c1-14-10-7(9-2-3-13-9)4-6(11)5-8(10)12/h4-5,9,13H,2-3H2,1H3. The fourth-order valence-corrected chi connectivity index (χ4v) is 2.06.